The van der Waals surface area contributed by atoms with Gasteiger partial charge in [-0.1, -0.05) is 158 Å². The van der Waals surface area contributed by atoms with Crippen LogP contribution in [0.3, 0.4) is 0 Å². The van der Waals surface area contributed by atoms with Crippen LogP contribution in [0, 0.1) is 0 Å². The van der Waals surface area contributed by atoms with Crippen molar-refractivity contribution in [2.75, 3.05) is 13.2 Å². The molecule has 0 N–H and O–H groups in total. The van der Waals surface area contributed by atoms with Crippen LogP contribution in [0.5, 0.6) is 0 Å². The lowest BCUT2D eigenvalue weighted by atomic mass is 10.1. The highest BCUT2D eigenvalue weighted by atomic mass is 16.6. The molecule has 0 spiro atoms. The van der Waals surface area contributed by atoms with Crippen LogP contribution < -0.4 is 0 Å². The maximum atomic E-state index is 12.7. The first kappa shape index (κ1) is 51.9. The number of esters is 3. The zero-order valence-electron chi connectivity index (χ0n) is 35.7. The number of rotatable bonds is 39. The Bertz CT molecular complexity index is 1070. The second-order valence-corrected chi connectivity index (χ2v) is 14.5. The van der Waals surface area contributed by atoms with Crippen molar-refractivity contribution in [1.29, 1.82) is 0 Å². The summed E-state index contributed by atoms with van der Waals surface area (Å²) in [7, 11) is 0. The summed E-state index contributed by atoms with van der Waals surface area (Å²) >= 11 is 0. The first-order chi connectivity index (χ1) is 27.0. The van der Waals surface area contributed by atoms with E-state index in [1.807, 2.05) is 0 Å². The largest absolute Gasteiger partial charge is 0.462 e. The van der Waals surface area contributed by atoms with Gasteiger partial charge >= 0.3 is 17.9 Å². The van der Waals surface area contributed by atoms with E-state index in [2.05, 4.69) is 93.7 Å². The molecule has 314 valence electrons. The molecule has 0 radical (unpaired) electrons. The SMILES string of the molecule is CC/C=C\C/C=C\C/C=C\CCCCCCC(=O)OCC(COC(=O)CCC/C=C\CCCCCC)OC(=O)CCCCCCCCC/C=C\C/C=C\CC. The Kier molecular flexibility index (Phi) is 41.1. The van der Waals surface area contributed by atoms with E-state index in [0.717, 1.165) is 103 Å². The molecule has 0 amide bonds. The Labute approximate surface area is 338 Å². The van der Waals surface area contributed by atoms with E-state index < -0.39 is 6.10 Å². The molecule has 0 heterocycles. The Morgan fingerprint density at radius 3 is 1.20 bits per heavy atom. The molecule has 0 aliphatic carbocycles. The average Bonchev–Trinajstić information content (AvgIpc) is 3.18. The van der Waals surface area contributed by atoms with E-state index in [0.29, 0.717) is 25.7 Å². The van der Waals surface area contributed by atoms with Crippen LogP contribution in [0.2, 0.25) is 0 Å². The summed E-state index contributed by atoms with van der Waals surface area (Å²) in [4.78, 5) is 37.7. The number of unbranched alkanes of at least 4 members (excludes halogenated alkanes) is 16. The molecule has 0 aliphatic rings. The summed E-state index contributed by atoms with van der Waals surface area (Å²) in [6.07, 6.45) is 53.2. The summed E-state index contributed by atoms with van der Waals surface area (Å²) in [5.74, 6) is -0.972. The van der Waals surface area contributed by atoms with Crippen LogP contribution in [-0.4, -0.2) is 37.2 Å². The van der Waals surface area contributed by atoms with E-state index in [4.69, 9.17) is 14.2 Å². The molecule has 55 heavy (non-hydrogen) atoms. The summed E-state index contributed by atoms with van der Waals surface area (Å²) in [6.45, 7) is 6.31. The highest BCUT2D eigenvalue weighted by molar-refractivity contribution is 5.71. The molecule has 0 bridgehead atoms. The van der Waals surface area contributed by atoms with Crippen molar-refractivity contribution in [2.24, 2.45) is 0 Å². The smallest absolute Gasteiger partial charge is 0.306 e. The zero-order chi connectivity index (χ0) is 40.1. The van der Waals surface area contributed by atoms with E-state index >= 15 is 0 Å². The Morgan fingerprint density at radius 2 is 0.727 bits per heavy atom. The Hall–Kier alpha value is -3.15. The minimum Gasteiger partial charge on any atom is -0.462 e. The molecular formula is C49H82O6. The topological polar surface area (TPSA) is 78.9 Å². The van der Waals surface area contributed by atoms with Crippen molar-refractivity contribution in [3.05, 3.63) is 72.9 Å². The molecule has 0 aliphatic heterocycles. The summed E-state index contributed by atoms with van der Waals surface area (Å²) in [5.41, 5.74) is 0. The zero-order valence-corrected chi connectivity index (χ0v) is 35.7. The molecule has 6 nitrogen and oxygen atoms in total. The van der Waals surface area contributed by atoms with Crippen LogP contribution in [-0.2, 0) is 28.6 Å². The van der Waals surface area contributed by atoms with Gasteiger partial charge in [0.2, 0.25) is 0 Å². The van der Waals surface area contributed by atoms with Crippen molar-refractivity contribution >= 4 is 17.9 Å². The van der Waals surface area contributed by atoms with Gasteiger partial charge in [0.25, 0.3) is 0 Å². The van der Waals surface area contributed by atoms with Gasteiger partial charge in [-0.3, -0.25) is 14.4 Å². The van der Waals surface area contributed by atoms with Gasteiger partial charge in [0.15, 0.2) is 6.10 Å². The molecule has 0 fully saturated rings. The Morgan fingerprint density at radius 1 is 0.382 bits per heavy atom. The molecule has 0 saturated heterocycles. The third kappa shape index (κ3) is 41.8. The number of hydrogen-bond acceptors (Lipinski definition) is 6. The number of hydrogen-bond donors (Lipinski definition) is 0. The number of carbonyl (C=O) groups is 3. The van der Waals surface area contributed by atoms with Crippen molar-refractivity contribution < 1.29 is 28.6 Å². The number of allylic oxidation sites excluding steroid dienone is 12. The van der Waals surface area contributed by atoms with Crippen molar-refractivity contribution in [3.8, 4) is 0 Å². The molecule has 1 unspecified atom stereocenters. The van der Waals surface area contributed by atoms with E-state index in [9.17, 15) is 14.4 Å². The summed E-state index contributed by atoms with van der Waals surface area (Å²) in [5, 5.41) is 0. The molecular weight excluding hydrogens is 685 g/mol. The second kappa shape index (κ2) is 43.6. The van der Waals surface area contributed by atoms with Crippen molar-refractivity contribution in [3.63, 3.8) is 0 Å². The number of ether oxygens (including phenoxy) is 3. The van der Waals surface area contributed by atoms with Gasteiger partial charge in [-0.25, -0.2) is 0 Å². The van der Waals surface area contributed by atoms with Crippen LogP contribution in [0.15, 0.2) is 72.9 Å². The van der Waals surface area contributed by atoms with Gasteiger partial charge < -0.3 is 14.2 Å². The normalized spacial score (nSPS) is 12.7. The molecule has 0 saturated carbocycles. The lowest BCUT2D eigenvalue weighted by molar-refractivity contribution is -0.167. The fraction of sp³-hybridized carbons (Fsp3) is 0.694. The third-order valence-electron chi connectivity index (χ3n) is 9.18. The third-order valence-corrected chi connectivity index (χ3v) is 9.18. The van der Waals surface area contributed by atoms with Gasteiger partial charge in [-0.05, 0) is 96.3 Å². The maximum Gasteiger partial charge on any atom is 0.306 e. The molecule has 0 aromatic rings. The summed E-state index contributed by atoms with van der Waals surface area (Å²) in [6, 6.07) is 0. The fourth-order valence-corrected chi connectivity index (χ4v) is 5.85. The van der Waals surface area contributed by atoms with E-state index in [1.165, 1.54) is 51.4 Å². The molecule has 0 aromatic carbocycles. The van der Waals surface area contributed by atoms with Crippen LogP contribution in [0.1, 0.15) is 201 Å². The monoisotopic (exact) mass is 767 g/mol. The predicted molar refractivity (Wildman–Crippen MR) is 233 cm³/mol. The van der Waals surface area contributed by atoms with Gasteiger partial charge in [0, 0.05) is 19.3 Å². The average molecular weight is 767 g/mol. The van der Waals surface area contributed by atoms with Gasteiger partial charge in [0.1, 0.15) is 13.2 Å². The molecule has 0 rings (SSSR count). The Balaban J connectivity index is 4.44. The van der Waals surface area contributed by atoms with Crippen molar-refractivity contribution in [2.45, 2.75) is 207 Å². The minimum absolute atomic E-state index is 0.0998. The predicted octanol–water partition coefficient (Wildman–Crippen LogP) is 14.3. The van der Waals surface area contributed by atoms with Crippen LogP contribution in [0.4, 0.5) is 0 Å². The van der Waals surface area contributed by atoms with Gasteiger partial charge in [0.05, 0.1) is 0 Å². The van der Waals surface area contributed by atoms with E-state index in [1.54, 1.807) is 0 Å². The highest BCUT2D eigenvalue weighted by Crippen LogP contribution is 2.13. The molecule has 6 heteroatoms. The lowest BCUT2D eigenvalue weighted by Gasteiger charge is -2.18. The van der Waals surface area contributed by atoms with Crippen LogP contribution >= 0.6 is 0 Å². The standard InChI is InChI=1S/C49H82O6/c1-4-7-10-13-16-19-21-23-25-27-30-33-36-39-42-48(51)54-45-46(44-53-47(50)41-38-35-32-29-18-15-12-9-6-3)55-49(52)43-40-37-34-31-28-26-24-22-20-17-14-11-8-5-2/h7-8,10-11,16-17,19-20,23,25,29,32,46H,4-6,9,12-15,18,21-22,24,26-28,30-31,33-45H2,1-3H3/b10-7-,11-8-,19-16-,20-17-,25-23-,32-29-. The fourth-order valence-electron chi connectivity index (χ4n) is 5.85. The number of carbonyl (C=O) groups excluding carboxylic acids is 3. The first-order valence-electron chi connectivity index (χ1n) is 22.4. The quantitative estimate of drug-likeness (QED) is 0.0268. The molecule has 1 atom stereocenters. The lowest BCUT2D eigenvalue weighted by Crippen LogP contribution is -2.30. The van der Waals surface area contributed by atoms with Gasteiger partial charge in [-0.2, -0.15) is 0 Å². The second-order valence-electron chi connectivity index (χ2n) is 14.5. The first-order valence-corrected chi connectivity index (χ1v) is 22.4. The highest BCUT2D eigenvalue weighted by Gasteiger charge is 2.19. The maximum absolute atomic E-state index is 12.7. The van der Waals surface area contributed by atoms with E-state index in [-0.39, 0.29) is 31.1 Å². The van der Waals surface area contributed by atoms with Gasteiger partial charge in [-0.15, -0.1) is 0 Å². The minimum atomic E-state index is -0.797. The van der Waals surface area contributed by atoms with Crippen LogP contribution in [0.25, 0.3) is 0 Å². The van der Waals surface area contributed by atoms with Crippen molar-refractivity contribution in [1.82, 2.24) is 0 Å². The summed E-state index contributed by atoms with van der Waals surface area (Å²) < 4.78 is 16.6. The molecule has 0 aromatic heterocycles.